The molecule has 6 heteroatoms. The molecule has 2 aliphatic heterocycles. The smallest absolute Gasteiger partial charge is 0.410 e. The van der Waals surface area contributed by atoms with E-state index in [2.05, 4.69) is 0 Å². The van der Waals surface area contributed by atoms with Gasteiger partial charge in [0.05, 0.1) is 25.3 Å². The molecule has 0 N–H and O–H groups in total. The molecule has 2 aliphatic rings. The molecule has 2 atom stereocenters. The highest BCUT2D eigenvalue weighted by atomic mass is 19.1. The summed E-state index contributed by atoms with van der Waals surface area (Å²) in [7, 11) is 0. The second kappa shape index (κ2) is 6.99. The van der Waals surface area contributed by atoms with E-state index in [-0.39, 0.29) is 29.9 Å². The molecule has 0 saturated carbocycles. The number of piperidine rings is 1. The third-order valence-corrected chi connectivity index (χ3v) is 4.82. The van der Waals surface area contributed by atoms with E-state index >= 15 is 0 Å². The van der Waals surface area contributed by atoms with Gasteiger partial charge in [0, 0.05) is 11.5 Å². The van der Waals surface area contributed by atoms with E-state index in [9.17, 15) is 14.0 Å². The van der Waals surface area contributed by atoms with Crippen LogP contribution in [0.3, 0.4) is 0 Å². The fourth-order valence-electron chi connectivity index (χ4n) is 3.86. The fourth-order valence-corrected chi connectivity index (χ4v) is 3.86. The number of rotatable bonds is 2. The number of nitrogens with zero attached hydrogens (tertiary/aromatic N) is 1. The first kappa shape index (κ1) is 18.8. The van der Waals surface area contributed by atoms with E-state index in [4.69, 9.17) is 9.47 Å². The van der Waals surface area contributed by atoms with Crippen LogP contribution in [0, 0.1) is 18.7 Å². The van der Waals surface area contributed by atoms with Crippen LogP contribution in [0.5, 0.6) is 0 Å². The lowest BCUT2D eigenvalue weighted by Gasteiger charge is -2.47. The Morgan fingerprint density at radius 2 is 1.77 bits per heavy atom. The van der Waals surface area contributed by atoms with Crippen LogP contribution in [0.25, 0.3) is 0 Å². The van der Waals surface area contributed by atoms with Crippen molar-refractivity contribution in [1.29, 1.82) is 0 Å². The molecular formula is C20H26FNO4. The number of Topliss-reactive ketones (excluding diaryl/α,β-unsaturated/α-hetero) is 1. The number of ketones is 1. The highest BCUT2D eigenvalue weighted by Gasteiger charge is 2.45. The highest BCUT2D eigenvalue weighted by Crippen LogP contribution is 2.34. The van der Waals surface area contributed by atoms with E-state index in [1.54, 1.807) is 17.9 Å². The zero-order valence-corrected chi connectivity index (χ0v) is 15.8. The van der Waals surface area contributed by atoms with Gasteiger partial charge in [0.15, 0.2) is 5.78 Å². The van der Waals surface area contributed by atoms with Crippen molar-refractivity contribution in [3.8, 4) is 0 Å². The summed E-state index contributed by atoms with van der Waals surface area (Å²) in [6, 6.07) is 4.03. The van der Waals surface area contributed by atoms with Crippen LogP contribution in [0.1, 0.15) is 49.5 Å². The molecule has 1 amide bonds. The maximum Gasteiger partial charge on any atom is 0.410 e. The SMILES string of the molecule is Cc1cc(F)cc(C(=O)C2CC3COCC(C2)N3C(=O)OC(C)(C)C)c1. The van der Waals surface area contributed by atoms with Crippen molar-refractivity contribution in [2.24, 2.45) is 5.92 Å². The number of hydrogen-bond acceptors (Lipinski definition) is 4. The maximum atomic E-state index is 13.7. The summed E-state index contributed by atoms with van der Waals surface area (Å²) in [4.78, 5) is 27.2. The standard InChI is InChI=1S/C20H26FNO4/c1-12-5-13(7-15(21)6-12)18(23)14-8-16-10-25-11-17(9-14)22(16)19(24)26-20(2,3)4/h5-7,14,16-17H,8-11H2,1-4H3. The van der Waals surface area contributed by atoms with Gasteiger partial charge in [0.25, 0.3) is 0 Å². The number of ether oxygens (including phenoxy) is 2. The monoisotopic (exact) mass is 363 g/mol. The number of amides is 1. The summed E-state index contributed by atoms with van der Waals surface area (Å²) in [5.41, 5.74) is 0.554. The lowest BCUT2D eigenvalue weighted by molar-refractivity contribution is -0.0861. The topological polar surface area (TPSA) is 55.8 Å². The molecule has 2 unspecified atom stereocenters. The predicted molar refractivity (Wildman–Crippen MR) is 94.7 cm³/mol. The molecule has 2 bridgehead atoms. The van der Waals surface area contributed by atoms with E-state index in [1.165, 1.54) is 12.1 Å². The molecule has 0 aliphatic carbocycles. The van der Waals surface area contributed by atoms with Crippen molar-refractivity contribution in [3.63, 3.8) is 0 Å². The zero-order valence-electron chi connectivity index (χ0n) is 15.8. The number of carbonyl (C=O) groups excluding carboxylic acids is 2. The first-order valence-corrected chi connectivity index (χ1v) is 9.04. The summed E-state index contributed by atoms with van der Waals surface area (Å²) in [5.74, 6) is -0.704. The van der Waals surface area contributed by atoms with Gasteiger partial charge >= 0.3 is 6.09 Å². The Balaban J connectivity index is 1.77. The maximum absolute atomic E-state index is 13.7. The van der Waals surface area contributed by atoms with Crippen LogP contribution < -0.4 is 0 Å². The molecular weight excluding hydrogens is 337 g/mol. The number of fused-ring (bicyclic) bond motifs is 2. The average Bonchev–Trinajstić information content (AvgIpc) is 2.50. The van der Waals surface area contributed by atoms with Gasteiger partial charge in [-0.2, -0.15) is 0 Å². The van der Waals surface area contributed by atoms with Gasteiger partial charge in [-0.3, -0.25) is 9.69 Å². The van der Waals surface area contributed by atoms with E-state index < -0.39 is 11.4 Å². The van der Waals surface area contributed by atoms with Crippen molar-refractivity contribution in [1.82, 2.24) is 4.90 Å². The van der Waals surface area contributed by atoms with Gasteiger partial charge in [-0.1, -0.05) is 0 Å². The van der Waals surface area contributed by atoms with E-state index in [0.717, 1.165) is 5.56 Å². The third kappa shape index (κ3) is 4.06. The van der Waals surface area contributed by atoms with Gasteiger partial charge < -0.3 is 9.47 Å². The third-order valence-electron chi connectivity index (χ3n) is 4.82. The van der Waals surface area contributed by atoms with Crippen LogP contribution in [0.4, 0.5) is 9.18 Å². The normalized spacial score (nSPS) is 25.7. The Morgan fingerprint density at radius 1 is 1.15 bits per heavy atom. The molecule has 142 valence electrons. The molecule has 2 heterocycles. The molecule has 2 fully saturated rings. The molecule has 1 aromatic rings. The molecule has 26 heavy (non-hydrogen) atoms. The first-order valence-electron chi connectivity index (χ1n) is 9.04. The van der Waals surface area contributed by atoms with E-state index in [0.29, 0.717) is 31.6 Å². The molecule has 3 rings (SSSR count). The Morgan fingerprint density at radius 3 is 2.31 bits per heavy atom. The fraction of sp³-hybridized carbons (Fsp3) is 0.600. The van der Waals surface area contributed by atoms with Crippen LogP contribution in [-0.4, -0.2) is 47.7 Å². The Labute approximate surface area is 153 Å². The Hall–Kier alpha value is -1.95. The summed E-state index contributed by atoms with van der Waals surface area (Å²) in [6.45, 7) is 8.05. The number of benzene rings is 1. The van der Waals surface area contributed by atoms with Crippen molar-refractivity contribution in [2.75, 3.05) is 13.2 Å². The van der Waals surface area contributed by atoms with Crippen molar-refractivity contribution >= 4 is 11.9 Å². The summed E-state index contributed by atoms with van der Waals surface area (Å²) < 4.78 is 24.8. The summed E-state index contributed by atoms with van der Waals surface area (Å²) >= 11 is 0. The molecule has 5 nitrogen and oxygen atoms in total. The van der Waals surface area contributed by atoms with Crippen molar-refractivity contribution < 1.29 is 23.5 Å². The number of aryl methyl sites for hydroxylation is 1. The number of morpholine rings is 1. The first-order chi connectivity index (χ1) is 12.1. The minimum atomic E-state index is -0.571. The zero-order chi connectivity index (χ0) is 19.1. The minimum Gasteiger partial charge on any atom is -0.444 e. The molecule has 0 aromatic heterocycles. The molecule has 0 spiro atoms. The predicted octanol–water partition coefficient (Wildman–Crippen LogP) is 3.73. The van der Waals surface area contributed by atoms with E-state index in [1.807, 2.05) is 20.8 Å². The molecule has 1 aromatic carbocycles. The van der Waals surface area contributed by atoms with Gasteiger partial charge in [-0.15, -0.1) is 0 Å². The second-order valence-corrected chi connectivity index (χ2v) is 8.28. The van der Waals surface area contributed by atoms with Gasteiger partial charge in [-0.25, -0.2) is 9.18 Å². The Kier molecular flexibility index (Phi) is 5.06. The van der Waals surface area contributed by atoms with Gasteiger partial charge in [-0.05, 0) is 64.3 Å². The number of hydrogen-bond donors (Lipinski definition) is 0. The highest BCUT2D eigenvalue weighted by molar-refractivity contribution is 5.98. The quantitative estimate of drug-likeness (QED) is 0.751. The number of halogens is 1. The van der Waals surface area contributed by atoms with Gasteiger partial charge in [0.2, 0.25) is 0 Å². The molecule has 2 saturated heterocycles. The lowest BCUT2D eigenvalue weighted by Crippen LogP contribution is -2.60. The van der Waals surface area contributed by atoms with Crippen LogP contribution in [-0.2, 0) is 9.47 Å². The minimum absolute atomic E-state index is 0.0617. The van der Waals surface area contributed by atoms with Gasteiger partial charge in [0.1, 0.15) is 11.4 Å². The van der Waals surface area contributed by atoms with Crippen molar-refractivity contribution in [3.05, 3.63) is 35.1 Å². The summed E-state index contributed by atoms with van der Waals surface area (Å²) in [6.07, 6.45) is 0.650. The van der Waals surface area contributed by atoms with Crippen LogP contribution in [0.2, 0.25) is 0 Å². The molecule has 0 radical (unpaired) electrons. The lowest BCUT2D eigenvalue weighted by atomic mass is 9.80. The van der Waals surface area contributed by atoms with Crippen LogP contribution in [0.15, 0.2) is 18.2 Å². The number of carbonyl (C=O) groups is 2. The Bertz CT molecular complexity index is 678. The largest absolute Gasteiger partial charge is 0.444 e. The summed E-state index contributed by atoms with van der Waals surface area (Å²) in [5, 5.41) is 0. The second-order valence-electron chi connectivity index (χ2n) is 8.28. The van der Waals surface area contributed by atoms with Crippen molar-refractivity contribution in [2.45, 2.75) is 58.2 Å². The van der Waals surface area contributed by atoms with Crippen LogP contribution >= 0.6 is 0 Å². The average molecular weight is 363 g/mol.